The number of oxazole rings is 1. The third-order valence-corrected chi connectivity index (χ3v) is 1.67. The zero-order valence-electron chi connectivity index (χ0n) is 6.98. The molecule has 0 bridgehead atoms. The summed E-state index contributed by atoms with van der Waals surface area (Å²) >= 11 is 0. The minimum Gasteiger partial charge on any atom is -0.449 e. The van der Waals surface area contributed by atoms with E-state index in [2.05, 4.69) is 9.97 Å². The van der Waals surface area contributed by atoms with Gasteiger partial charge in [0.2, 0.25) is 0 Å². The summed E-state index contributed by atoms with van der Waals surface area (Å²) in [6, 6.07) is 0. The summed E-state index contributed by atoms with van der Waals surface area (Å²) in [6.45, 7) is 1.81. The summed E-state index contributed by atoms with van der Waals surface area (Å²) in [5, 5.41) is 0. The van der Waals surface area contributed by atoms with Gasteiger partial charge in [0.1, 0.15) is 12.0 Å². The molecular formula is C8H9N3O. The predicted molar refractivity (Wildman–Crippen MR) is 43.4 cm³/mol. The molecule has 0 N–H and O–H groups in total. The lowest BCUT2D eigenvalue weighted by molar-refractivity contribution is 0.521. The molecule has 0 fully saturated rings. The first-order chi connectivity index (χ1) is 5.77. The van der Waals surface area contributed by atoms with E-state index in [-0.39, 0.29) is 0 Å². The van der Waals surface area contributed by atoms with E-state index in [1.807, 2.05) is 24.7 Å². The Bertz CT molecular complexity index is 388. The lowest BCUT2D eigenvalue weighted by Gasteiger charge is -1.93. The van der Waals surface area contributed by atoms with Crippen LogP contribution < -0.4 is 0 Å². The average molecular weight is 163 g/mol. The topological polar surface area (TPSA) is 43.9 Å². The van der Waals surface area contributed by atoms with Gasteiger partial charge in [0.05, 0.1) is 0 Å². The van der Waals surface area contributed by atoms with Crippen molar-refractivity contribution in [2.45, 2.75) is 6.92 Å². The number of aryl methyl sites for hydroxylation is 2. The van der Waals surface area contributed by atoms with Gasteiger partial charge in [0.25, 0.3) is 0 Å². The summed E-state index contributed by atoms with van der Waals surface area (Å²) in [7, 11) is 1.92. The fourth-order valence-corrected chi connectivity index (χ4v) is 1.08. The van der Waals surface area contributed by atoms with E-state index >= 15 is 0 Å². The van der Waals surface area contributed by atoms with Crippen molar-refractivity contribution in [3.63, 3.8) is 0 Å². The number of hydrogen-bond donors (Lipinski definition) is 0. The lowest BCUT2D eigenvalue weighted by atomic mass is 10.4. The molecule has 0 radical (unpaired) electrons. The molecule has 0 amide bonds. The summed E-state index contributed by atoms with van der Waals surface area (Å²) in [5.74, 6) is 1.49. The molecule has 0 saturated heterocycles. The smallest absolute Gasteiger partial charge is 0.191 e. The first kappa shape index (κ1) is 7.09. The summed E-state index contributed by atoms with van der Waals surface area (Å²) < 4.78 is 6.98. The van der Waals surface area contributed by atoms with Gasteiger partial charge in [0, 0.05) is 26.4 Å². The molecule has 0 unspecified atom stereocenters. The molecule has 2 heterocycles. The Morgan fingerprint density at radius 2 is 2.33 bits per heavy atom. The second kappa shape index (κ2) is 2.48. The van der Waals surface area contributed by atoms with Gasteiger partial charge in [-0.2, -0.15) is 0 Å². The van der Waals surface area contributed by atoms with E-state index in [0.717, 1.165) is 11.5 Å². The number of imidazole rings is 1. The zero-order chi connectivity index (χ0) is 8.55. The number of hydrogen-bond acceptors (Lipinski definition) is 3. The van der Waals surface area contributed by atoms with Crippen molar-refractivity contribution >= 4 is 0 Å². The van der Waals surface area contributed by atoms with Gasteiger partial charge in [-0.15, -0.1) is 0 Å². The van der Waals surface area contributed by atoms with Crippen LogP contribution in [0.25, 0.3) is 11.5 Å². The van der Waals surface area contributed by atoms with Crippen LogP contribution in [0.1, 0.15) is 5.89 Å². The van der Waals surface area contributed by atoms with E-state index in [1.54, 1.807) is 12.5 Å². The quantitative estimate of drug-likeness (QED) is 0.638. The second-order valence-corrected chi connectivity index (χ2v) is 2.61. The molecule has 2 aromatic heterocycles. The highest BCUT2D eigenvalue weighted by Gasteiger charge is 2.06. The first-order valence-electron chi connectivity index (χ1n) is 3.67. The standard InChI is InChI=1S/C8H9N3O/c1-6-10-7(5-12-6)8-9-3-4-11(8)2/h3-5H,1-2H3. The number of rotatable bonds is 1. The summed E-state index contributed by atoms with van der Waals surface area (Å²) in [4.78, 5) is 8.30. The Morgan fingerprint density at radius 1 is 1.50 bits per heavy atom. The molecule has 0 aliphatic rings. The number of aromatic nitrogens is 3. The normalized spacial score (nSPS) is 10.5. The molecule has 12 heavy (non-hydrogen) atoms. The maximum Gasteiger partial charge on any atom is 0.191 e. The van der Waals surface area contributed by atoms with Crippen molar-refractivity contribution in [3.05, 3.63) is 24.5 Å². The van der Waals surface area contributed by atoms with Crippen LogP contribution in [-0.2, 0) is 7.05 Å². The molecule has 0 atom stereocenters. The van der Waals surface area contributed by atoms with E-state index in [1.165, 1.54) is 0 Å². The van der Waals surface area contributed by atoms with E-state index < -0.39 is 0 Å². The maximum absolute atomic E-state index is 5.08. The van der Waals surface area contributed by atoms with Crippen LogP contribution in [0.3, 0.4) is 0 Å². The van der Waals surface area contributed by atoms with Gasteiger partial charge in [-0.3, -0.25) is 0 Å². The minimum atomic E-state index is 0.660. The van der Waals surface area contributed by atoms with Gasteiger partial charge < -0.3 is 8.98 Å². The van der Waals surface area contributed by atoms with E-state index in [4.69, 9.17) is 4.42 Å². The van der Waals surface area contributed by atoms with Crippen molar-refractivity contribution in [3.8, 4) is 11.5 Å². The first-order valence-corrected chi connectivity index (χ1v) is 3.67. The molecule has 0 aromatic carbocycles. The van der Waals surface area contributed by atoms with Crippen molar-refractivity contribution < 1.29 is 4.42 Å². The van der Waals surface area contributed by atoms with Crippen LogP contribution in [0.5, 0.6) is 0 Å². The van der Waals surface area contributed by atoms with Gasteiger partial charge in [-0.1, -0.05) is 0 Å². The van der Waals surface area contributed by atoms with Crippen LogP contribution in [0.4, 0.5) is 0 Å². The van der Waals surface area contributed by atoms with Crippen LogP contribution in [0.15, 0.2) is 23.1 Å². The molecule has 2 rings (SSSR count). The maximum atomic E-state index is 5.08. The highest BCUT2D eigenvalue weighted by atomic mass is 16.3. The van der Waals surface area contributed by atoms with Crippen molar-refractivity contribution in [1.29, 1.82) is 0 Å². The molecule has 0 aliphatic heterocycles. The van der Waals surface area contributed by atoms with Crippen molar-refractivity contribution in [1.82, 2.24) is 14.5 Å². The van der Waals surface area contributed by atoms with Crippen LogP contribution in [0.2, 0.25) is 0 Å². The molecule has 0 aliphatic carbocycles. The summed E-state index contributed by atoms with van der Waals surface area (Å²) in [5.41, 5.74) is 0.778. The van der Waals surface area contributed by atoms with Crippen LogP contribution in [0, 0.1) is 6.92 Å². The Kier molecular flexibility index (Phi) is 1.46. The SMILES string of the molecule is Cc1nc(-c2nccn2C)co1. The minimum absolute atomic E-state index is 0.660. The fraction of sp³-hybridized carbons (Fsp3) is 0.250. The highest BCUT2D eigenvalue weighted by Crippen LogP contribution is 2.14. The molecule has 4 heteroatoms. The Hall–Kier alpha value is -1.58. The average Bonchev–Trinajstić information content (AvgIpc) is 2.58. The lowest BCUT2D eigenvalue weighted by Crippen LogP contribution is -1.90. The monoisotopic (exact) mass is 163 g/mol. The van der Waals surface area contributed by atoms with Gasteiger partial charge in [-0.25, -0.2) is 9.97 Å². The second-order valence-electron chi connectivity index (χ2n) is 2.61. The summed E-state index contributed by atoms with van der Waals surface area (Å²) in [6.07, 6.45) is 5.22. The Morgan fingerprint density at radius 3 is 2.83 bits per heavy atom. The molecule has 0 saturated carbocycles. The van der Waals surface area contributed by atoms with Gasteiger partial charge in [0.15, 0.2) is 11.7 Å². The molecule has 4 nitrogen and oxygen atoms in total. The molecular weight excluding hydrogens is 154 g/mol. The zero-order valence-corrected chi connectivity index (χ0v) is 6.98. The fourth-order valence-electron chi connectivity index (χ4n) is 1.08. The number of nitrogens with zero attached hydrogens (tertiary/aromatic N) is 3. The van der Waals surface area contributed by atoms with Crippen molar-refractivity contribution in [2.24, 2.45) is 7.05 Å². The predicted octanol–water partition coefficient (Wildman–Crippen LogP) is 1.38. The Labute approximate surface area is 69.9 Å². The van der Waals surface area contributed by atoms with Crippen LogP contribution in [-0.4, -0.2) is 14.5 Å². The third kappa shape index (κ3) is 1.01. The van der Waals surface area contributed by atoms with E-state index in [0.29, 0.717) is 5.89 Å². The van der Waals surface area contributed by atoms with Gasteiger partial charge in [-0.05, 0) is 0 Å². The van der Waals surface area contributed by atoms with Crippen molar-refractivity contribution in [2.75, 3.05) is 0 Å². The molecule has 2 aromatic rings. The van der Waals surface area contributed by atoms with Gasteiger partial charge >= 0.3 is 0 Å². The molecule has 62 valence electrons. The molecule has 0 spiro atoms. The Balaban J connectivity index is 2.50. The van der Waals surface area contributed by atoms with Crippen LogP contribution >= 0.6 is 0 Å². The third-order valence-electron chi connectivity index (χ3n) is 1.67. The highest BCUT2D eigenvalue weighted by molar-refractivity contribution is 5.47. The largest absolute Gasteiger partial charge is 0.449 e. The van der Waals surface area contributed by atoms with E-state index in [9.17, 15) is 0 Å².